The maximum atomic E-state index is 10.3. The minimum absolute atomic E-state index is 0.0774. The molecule has 3 atom stereocenters. The van der Waals surface area contributed by atoms with Crippen molar-refractivity contribution in [1.82, 2.24) is 0 Å². The summed E-state index contributed by atoms with van der Waals surface area (Å²) in [6.45, 7) is 8.24. The highest BCUT2D eigenvalue weighted by molar-refractivity contribution is 5.10. The standard InChI is InChI=1S/C15H26O2/c1-10(2)15-13(16)8-11(3)6-5-7-12(4)9-14(15)17/h6,9-10,13-17H,5,7-8H2,1-4H3/b11-6+,12-9+/t13-,14-,15+/m0/s1. The molecule has 98 valence electrons. The Kier molecular flexibility index (Phi) is 5.41. The molecule has 0 saturated heterocycles. The van der Waals surface area contributed by atoms with E-state index in [2.05, 4.69) is 33.8 Å². The van der Waals surface area contributed by atoms with Gasteiger partial charge in [-0.25, -0.2) is 0 Å². The first-order valence-corrected chi connectivity index (χ1v) is 6.61. The average molecular weight is 238 g/mol. The fourth-order valence-electron chi connectivity index (χ4n) is 2.65. The Bertz CT molecular complexity index is 302. The molecule has 17 heavy (non-hydrogen) atoms. The maximum absolute atomic E-state index is 10.3. The van der Waals surface area contributed by atoms with Crippen molar-refractivity contribution in [3.63, 3.8) is 0 Å². The Labute approximate surface area is 105 Å². The highest BCUT2D eigenvalue weighted by Gasteiger charge is 2.29. The molecule has 0 unspecified atom stereocenters. The highest BCUT2D eigenvalue weighted by atomic mass is 16.3. The van der Waals surface area contributed by atoms with E-state index in [0.717, 1.165) is 12.8 Å². The van der Waals surface area contributed by atoms with Crippen LogP contribution in [0.5, 0.6) is 0 Å². The van der Waals surface area contributed by atoms with E-state index in [9.17, 15) is 10.2 Å². The lowest BCUT2D eigenvalue weighted by Gasteiger charge is -2.30. The summed E-state index contributed by atoms with van der Waals surface area (Å²) >= 11 is 0. The second-order valence-corrected chi connectivity index (χ2v) is 5.69. The number of aliphatic hydroxyl groups excluding tert-OH is 2. The number of allylic oxidation sites excluding steroid dienone is 2. The molecule has 0 aromatic rings. The van der Waals surface area contributed by atoms with Crippen LogP contribution in [-0.2, 0) is 0 Å². The number of aliphatic hydroxyl groups is 2. The first-order chi connectivity index (χ1) is 7.91. The molecule has 0 amide bonds. The van der Waals surface area contributed by atoms with Gasteiger partial charge in [0.1, 0.15) is 0 Å². The van der Waals surface area contributed by atoms with Crippen molar-refractivity contribution in [1.29, 1.82) is 0 Å². The minimum Gasteiger partial charge on any atom is -0.392 e. The van der Waals surface area contributed by atoms with Crippen molar-refractivity contribution in [2.24, 2.45) is 11.8 Å². The van der Waals surface area contributed by atoms with Gasteiger partial charge in [0, 0.05) is 5.92 Å². The van der Waals surface area contributed by atoms with Gasteiger partial charge in [-0.05, 0) is 39.0 Å². The average Bonchev–Trinajstić information content (AvgIpc) is 2.14. The van der Waals surface area contributed by atoms with Gasteiger partial charge in [-0.1, -0.05) is 37.1 Å². The molecule has 2 heteroatoms. The summed E-state index contributed by atoms with van der Waals surface area (Å²) in [5.74, 6) is 0.197. The summed E-state index contributed by atoms with van der Waals surface area (Å²) in [4.78, 5) is 0. The topological polar surface area (TPSA) is 40.5 Å². The summed E-state index contributed by atoms with van der Waals surface area (Å²) in [6.07, 6.45) is 5.80. The molecule has 2 N–H and O–H groups in total. The minimum atomic E-state index is -0.532. The molecular weight excluding hydrogens is 212 g/mol. The van der Waals surface area contributed by atoms with Gasteiger partial charge in [0.15, 0.2) is 0 Å². The second kappa shape index (κ2) is 6.36. The van der Waals surface area contributed by atoms with E-state index >= 15 is 0 Å². The van der Waals surface area contributed by atoms with Gasteiger partial charge in [0.25, 0.3) is 0 Å². The van der Waals surface area contributed by atoms with Gasteiger partial charge in [-0.15, -0.1) is 0 Å². The monoisotopic (exact) mass is 238 g/mol. The molecule has 1 aliphatic rings. The molecule has 0 heterocycles. The zero-order valence-electron chi connectivity index (χ0n) is 11.5. The Morgan fingerprint density at radius 2 is 1.82 bits per heavy atom. The molecule has 1 rings (SSSR count). The van der Waals surface area contributed by atoms with Crippen molar-refractivity contribution < 1.29 is 10.2 Å². The highest BCUT2D eigenvalue weighted by Crippen LogP contribution is 2.27. The Balaban J connectivity index is 2.95. The van der Waals surface area contributed by atoms with Crippen molar-refractivity contribution in [3.05, 3.63) is 23.3 Å². The van der Waals surface area contributed by atoms with E-state index in [1.54, 1.807) is 0 Å². The normalized spacial score (nSPS) is 38.2. The van der Waals surface area contributed by atoms with Crippen LogP contribution in [-0.4, -0.2) is 22.4 Å². The first-order valence-electron chi connectivity index (χ1n) is 6.61. The van der Waals surface area contributed by atoms with Crippen molar-refractivity contribution in [2.75, 3.05) is 0 Å². The third kappa shape index (κ3) is 4.29. The Hall–Kier alpha value is -0.600. The van der Waals surface area contributed by atoms with E-state index in [1.807, 2.05) is 6.08 Å². The second-order valence-electron chi connectivity index (χ2n) is 5.69. The fourth-order valence-corrected chi connectivity index (χ4v) is 2.65. The van der Waals surface area contributed by atoms with Crippen LogP contribution in [0.3, 0.4) is 0 Å². The van der Waals surface area contributed by atoms with Gasteiger partial charge in [0.2, 0.25) is 0 Å². The predicted octanol–water partition coefficient (Wildman–Crippen LogP) is 3.06. The van der Waals surface area contributed by atoms with Crippen LogP contribution in [0.2, 0.25) is 0 Å². The lowest BCUT2D eigenvalue weighted by Crippen LogP contribution is -2.35. The molecule has 0 aliphatic heterocycles. The van der Waals surface area contributed by atoms with E-state index in [4.69, 9.17) is 0 Å². The lowest BCUT2D eigenvalue weighted by atomic mass is 9.81. The quantitative estimate of drug-likeness (QED) is 0.689. The van der Waals surface area contributed by atoms with Crippen LogP contribution in [0.25, 0.3) is 0 Å². The largest absolute Gasteiger partial charge is 0.392 e. The van der Waals surface area contributed by atoms with Gasteiger partial charge in [-0.2, -0.15) is 0 Å². The molecule has 0 bridgehead atoms. The number of rotatable bonds is 1. The lowest BCUT2D eigenvalue weighted by molar-refractivity contribution is 0.0101. The molecule has 0 radical (unpaired) electrons. The van der Waals surface area contributed by atoms with Crippen LogP contribution in [0.4, 0.5) is 0 Å². The van der Waals surface area contributed by atoms with E-state index < -0.39 is 12.2 Å². The molecule has 0 fully saturated rings. The van der Waals surface area contributed by atoms with Gasteiger partial charge >= 0.3 is 0 Å². The molecule has 0 aromatic carbocycles. The summed E-state index contributed by atoms with van der Waals surface area (Å²) in [5.41, 5.74) is 2.44. The Morgan fingerprint density at radius 3 is 2.41 bits per heavy atom. The van der Waals surface area contributed by atoms with Crippen LogP contribution in [0, 0.1) is 11.8 Å². The van der Waals surface area contributed by atoms with Crippen LogP contribution in [0.1, 0.15) is 47.0 Å². The SMILES string of the molecule is C/C1=C\[C@H](O)[C@H](C(C)C)[C@@H](O)C/C(C)=C/CC1. The van der Waals surface area contributed by atoms with Gasteiger partial charge < -0.3 is 10.2 Å². The zero-order chi connectivity index (χ0) is 13.0. The molecule has 1 aliphatic carbocycles. The van der Waals surface area contributed by atoms with E-state index in [0.29, 0.717) is 6.42 Å². The van der Waals surface area contributed by atoms with Gasteiger partial charge in [0.05, 0.1) is 12.2 Å². The Morgan fingerprint density at radius 1 is 1.18 bits per heavy atom. The predicted molar refractivity (Wildman–Crippen MR) is 71.7 cm³/mol. The third-order valence-electron chi connectivity index (χ3n) is 3.63. The molecule has 0 spiro atoms. The number of hydrogen-bond donors (Lipinski definition) is 2. The van der Waals surface area contributed by atoms with E-state index in [1.165, 1.54) is 11.1 Å². The van der Waals surface area contributed by atoms with Crippen LogP contribution >= 0.6 is 0 Å². The molecule has 0 saturated carbocycles. The van der Waals surface area contributed by atoms with Crippen LogP contribution in [0.15, 0.2) is 23.3 Å². The molecule has 0 aromatic heterocycles. The fraction of sp³-hybridized carbons (Fsp3) is 0.733. The summed E-state index contributed by atoms with van der Waals surface area (Å²) in [6, 6.07) is 0. The van der Waals surface area contributed by atoms with Gasteiger partial charge in [-0.3, -0.25) is 0 Å². The molecular formula is C15H26O2. The molecule has 2 nitrogen and oxygen atoms in total. The van der Waals surface area contributed by atoms with Crippen molar-refractivity contribution in [2.45, 2.75) is 59.2 Å². The third-order valence-corrected chi connectivity index (χ3v) is 3.63. The van der Waals surface area contributed by atoms with Crippen molar-refractivity contribution >= 4 is 0 Å². The summed E-state index contributed by atoms with van der Waals surface area (Å²) < 4.78 is 0. The number of hydrogen-bond acceptors (Lipinski definition) is 2. The summed E-state index contributed by atoms with van der Waals surface area (Å²) in [7, 11) is 0. The summed E-state index contributed by atoms with van der Waals surface area (Å²) in [5, 5.41) is 20.5. The van der Waals surface area contributed by atoms with E-state index in [-0.39, 0.29) is 11.8 Å². The van der Waals surface area contributed by atoms with Crippen molar-refractivity contribution in [3.8, 4) is 0 Å². The zero-order valence-corrected chi connectivity index (χ0v) is 11.5. The maximum Gasteiger partial charge on any atom is 0.0778 e. The smallest absolute Gasteiger partial charge is 0.0778 e. The first kappa shape index (κ1) is 14.5. The van der Waals surface area contributed by atoms with Crippen LogP contribution < -0.4 is 0 Å².